The molecule has 0 aliphatic carbocycles. The molecule has 30 heavy (non-hydrogen) atoms. The summed E-state index contributed by atoms with van der Waals surface area (Å²) in [4.78, 5) is 9.29. The van der Waals surface area contributed by atoms with Crippen LogP contribution < -0.4 is 5.32 Å². The van der Waals surface area contributed by atoms with Gasteiger partial charge in [0.15, 0.2) is 5.96 Å². The standard InChI is InChI=1S/C24H36N4O2/c1-4-27(5-2)22(23-12-9-15-30-23)16-26-24(25-3)28-14-13-21(17-28)19-29-18-20-10-7-6-8-11-20/h6-12,15,21-22H,4-5,13-14,16-19H2,1-3H3,(H,25,26). The minimum absolute atomic E-state index is 0.194. The smallest absolute Gasteiger partial charge is 0.193 e. The zero-order valence-electron chi connectivity index (χ0n) is 18.6. The maximum atomic E-state index is 5.97. The predicted molar refractivity (Wildman–Crippen MR) is 122 cm³/mol. The summed E-state index contributed by atoms with van der Waals surface area (Å²) in [5.74, 6) is 2.50. The number of likely N-dealkylation sites (N-methyl/N-ethyl adjacent to an activating group) is 1. The lowest BCUT2D eigenvalue weighted by Gasteiger charge is -2.30. The largest absolute Gasteiger partial charge is 0.468 e. The molecule has 0 amide bonds. The van der Waals surface area contributed by atoms with Crippen LogP contribution in [0.4, 0.5) is 0 Å². The Labute approximate surface area is 180 Å². The predicted octanol–water partition coefficient (Wildman–Crippen LogP) is 3.78. The van der Waals surface area contributed by atoms with Gasteiger partial charge < -0.3 is 19.4 Å². The first kappa shape index (κ1) is 22.4. The van der Waals surface area contributed by atoms with Crippen molar-refractivity contribution in [3.05, 3.63) is 60.1 Å². The number of likely N-dealkylation sites (tertiary alicyclic amines) is 1. The van der Waals surface area contributed by atoms with Gasteiger partial charge in [0, 0.05) is 32.6 Å². The summed E-state index contributed by atoms with van der Waals surface area (Å²) in [6.07, 6.45) is 2.88. The Kier molecular flexibility index (Phi) is 8.78. The van der Waals surface area contributed by atoms with Gasteiger partial charge in [-0.05, 0) is 37.2 Å². The topological polar surface area (TPSA) is 53.2 Å². The van der Waals surface area contributed by atoms with Crippen molar-refractivity contribution in [2.45, 2.75) is 32.9 Å². The molecule has 1 aromatic heterocycles. The number of furan rings is 1. The molecule has 3 rings (SSSR count). The molecule has 1 fully saturated rings. The van der Waals surface area contributed by atoms with Crippen LogP contribution in [-0.4, -0.2) is 62.1 Å². The number of rotatable bonds is 10. The first-order valence-electron chi connectivity index (χ1n) is 11.1. The number of nitrogens with zero attached hydrogens (tertiary/aromatic N) is 3. The SMILES string of the molecule is CCN(CC)C(CNC(=NC)N1CCC(COCc2ccccc2)C1)c1ccco1. The second-order valence-corrected chi connectivity index (χ2v) is 7.78. The molecule has 0 saturated carbocycles. The molecule has 6 heteroatoms. The van der Waals surface area contributed by atoms with E-state index in [4.69, 9.17) is 9.15 Å². The van der Waals surface area contributed by atoms with Gasteiger partial charge in [0.05, 0.1) is 25.5 Å². The Morgan fingerprint density at radius 3 is 2.70 bits per heavy atom. The highest BCUT2D eigenvalue weighted by Crippen LogP contribution is 2.21. The van der Waals surface area contributed by atoms with Crippen molar-refractivity contribution in [1.29, 1.82) is 0 Å². The number of nitrogens with one attached hydrogen (secondary N) is 1. The van der Waals surface area contributed by atoms with E-state index in [1.54, 1.807) is 6.26 Å². The molecule has 2 heterocycles. The highest BCUT2D eigenvalue weighted by Gasteiger charge is 2.27. The molecular weight excluding hydrogens is 376 g/mol. The molecule has 1 aromatic carbocycles. The Balaban J connectivity index is 1.48. The summed E-state index contributed by atoms with van der Waals surface area (Å²) in [6.45, 7) is 10.6. The lowest BCUT2D eigenvalue weighted by Crippen LogP contribution is -2.44. The van der Waals surface area contributed by atoms with Gasteiger partial charge in [0.1, 0.15) is 5.76 Å². The van der Waals surface area contributed by atoms with Crippen molar-refractivity contribution in [3.8, 4) is 0 Å². The van der Waals surface area contributed by atoms with Crippen LogP contribution >= 0.6 is 0 Å². The second-order valence-electron chi connectivity index (χ2n) is 7.78. The van der Waals surface area contributed by atoms with E-state index in [1.807, 2.05) is 19.2 Å². The average molecular weight is 413 g/mol. The maximum absolute atomic E-state index is 5.97. The third kappa shape index (κ3) is 6.09. The van der Waals surface area contributed by atoms with Gasteiger partial charge in [-0.2, -0.15) is 0 Å². The van der Waals surface area contributed by atoms with Crippen molar-refractivity contribution in [2.75, 3.05) is 46.4 Å². The number of hydrogen-bond donors (Lipinski definition) is 1. The summed E-state index contributed by atoms with van der Waals surface area (Å²) in [5, 5.41) is 3.58. The van der Waals surface area contributed by atoms with Crippen molar-refractivity contribution in [2.24, 2.45) is 10.9 Å². The van der Waals surface area contributed by atoms with Crippen LogP contribution in [0.3, 0.4) is 0 Å². The number of aliphatic imine (C=N–C) groups is 1. The average Bonchev–Trinajstić information content (AvgIpc) is 3.47. The van der Waals surface area contributed by atoms with Crippen LogP contribution in [0, 0.1) is 5.92 Å². The Hall–Kier alpha value is -2.31. The molecule has 1 aliphatic rings. The monoisotopic (exact) mass is 412 g/mol. The van der Waals surface area contributed by atoms with Crippen LogP contribution in [0.15, 0.2) is 58.1 Å². The first-order valence-corrected chi connectivity index (χ1v) is 11.1. The first-order chi connectivity index (χ1) is 14.7. The summed E-state index contributed by atoms with van der Waals surface area (Å²) in [6, 6.07) is 14.6. The van der Waals surface area contributed by atoms with E-state index in [0.29, 0.717) is 12.5 Å². The number of benzene rings is 1. The van der Waals surface area contributed by atoms with Gasteiger partial charge in [0.25, 0.3) is 0 Å². The minimum Gasteiger partial charge on any atom is -0.468 e. The third-order valence-corrected chi connectivity index (χ3v) is 5.84. The van der Waals surface area contributed by atoms with Crippen molar-refractivity contribution in [3.63, 3.8) is 0 Å². The van der Waals surface area contributed by atoms with Crippen molar-refractivity contribution >= 4 is 5.96 Å². The molecule has 164 valence electrons. The molecule has 2 aromatic rings. The molecule has 0 spiro atoms. The summed E-state index contributed by atoms with van der Waals surface area (Å²) >= 11 is 0. The molecule has 6 nitrogen and oxygen atoms in total. The van der Waals surface area contributed by atoms with Crippen LogP contribution in [0.25, 0.3) is 0 Å². The van der Waals surface area contributed by atoms with Crippen LogP contribution in [0.2, 0.25) is 0 Å². The Morgan fingerprint density at radius 2 is 2.03 bits per heavy atom. The van der Waals surface area contributed by atoms with Gasteiger partial charge in [0.2, 0.25) is 0 Å². The Bertz CT molecular complexity index is 744. The lowest BCUT2D eigenvalue weighted by atomic mass is 10.1. The molecule has 1 N–H and O–H groups in total. The minimum atomic E-state index is 0.194. The molecular formula is C24H36N4O2. The lowest BCUT2D eigenvalue weighted by molar-refractivity contribution is 0.0906. The maximum Gasteiger partial charge on any atom is 0.193 e. The van der Waals surface area contributed by atoms with Crippen LogP contribution in [0.1, 0.15) is 37.6 Å². The van der Waals surface area contributed by atoms with Gasteiger partial charge >= 0.3 is 0 Å². The van der Waals surface area contributed by atoms with Crippen LogP contribution in [-0.2, 0) is 11.3 Å². The third-order valence-electron chi connectivity index (χ3n) is 5.84. The Morgan fingerprint density at radius 1 is 1.23 bits per heavy atom. The fourth-order valence-corrected chi connectivity index (χ4v) is 4.15. The zero-order valence-corrected chi connectivity index (χ0v) is 18.6. The summed E-state index contributed by atoms with van der Waals surface area (Å²) in [5.41, 5.74) is 1.23. The zero-order chi connectivity index (χ0) is 21.2. The fourth-order valence-electron chi connectivity index (χ4n) is 4.15. The molecule has 2 unspecified atom stereocenters. The number of hydrogen-bond acceptors (Lipinski definition) is 4. The molecule has 0 radical (unpaired) electrons. The van der Waals surface area contributed by atoms with Crippen molar-refractivity contribution in [1.82, 2.24) is 15.1 Å². The van der Waals surface area contributed by atoms with Gasteiger partial charge in [-0.25, -0.2) is 0 Å². The highest BCUT2D eigenvalue weighted by atomic mass is 16.5. The highest BCUT2D eigenvalue weighted by molar-refractivity contribution is 5.80. The van der Waals surface area contributed by atoms with E-state index in [2.05, 4.69) is 64.3 Å². The van der Waals surface area contributed by atoms with E-state index in [0.717, 1.165) is 57.5 Å². The van der Waals surface area contributed by atoms with Crippen molar-refractivity contribution < 1.29 is 9.15 Å². The summed E-state index contributed by atoms with van der Waals surface area (Å²) < 4.78 is 11.7. The van der Waals surface area contributed by atoms with E-state index < -0.39 is 0 Å². The number of guanidine groups is 1. The van der Waals surface area contributed by atoms with E-state index in [9.17, 15) is 0 Å². The van der Waals surface area contributed by atoms with Crippen LogP contribution in [0.5, 0.6) is 0 Å². The quantitative estimate of drug-likeness (QED) is 0.475. The molecule has 1 saturated heterocycles. The molecule has 2 atom stereocenters. The fraction of sp³-hybridized carbons (Fsp3) is 0.542. The number of ether oxygens (including phenoxy) is 1. The van der Waals surface area contributed by atoms with Gasteiger partial charge in [-0.15, -0.1) is 0 Å². The van der Waals surface area contributed by atoms with Gasteiger partial charge in [-0.3, -0.25) is 9.89 Å². The van der Waals surface area contributed by atoms with E-state index in [-0.39, 0.29) is 6.04 Å². The van der Waals surface area contributed by atoms with E-state index in [1.165, 1.54) is 5.56 Å². The normalized spacial score (nSPS) is 18.2. The van der Waals surface area contributed by atoms with E-state index >= 15 is 0 Å². The second kappa shape index (κ2) is 11.8. The summed E-state index contributed by atoms with van der Waals surface area (Å²) in [7, 11) is 1.86. The molecule has 1 aliphatic heterocycles. The molecule has 0 bridgehead atoms. The van der Waals surface area contributed by atoms with Gasteiger partial charge in [-0.1, -0.05) is 44.2 Å².